The Labute approximate surface area is 119 Å². The van der Waals surface area contributed by atoms with E-state index in [0.717, 1.165) is 12.8 Å². The zero-order chi connectivity index (χ0) is 15.3. The van der Waals surface area contributed by atoms with E-state index in [9.17, 15) is 19.8 Å². The molecule has 0 aromatic heterocycles. The van der Waals surface area contributed by atoms with Gasteiger partial charge in [0, 0.05) is 11.5 Å². The Morgan fingerprint density at radius 3 is 2.20 bits per heavy atom. The molecule has 0 bridgehead atoms. The quantitative estimate of drug-likeness (QED) is 0.747. The standard InChI is InChI=1S/C15H23NO4/c1-4-9-16(10-5-2)15(14(19)20)8-6-7-12(11(15)3)13(17)18/h6-8,11H,4-5,9-10H2,1-3H3,(H,17,18)(H,19,20). The van der Waals surface area contributed by atoms with Crippen molar-refractivity contribution in [1.82, 2.24) is 4.90 Å². The van der Waals surface area contributed by atoms with Crippen LogP contribution in [0, 0.1) is 5.92 Å². The van der Waals surface area contributed by atoms with E-state index in [4.69, 9.17) is 0 Å². The maximum atomic E-state index is 11.9. The molecule has 0 heterocycles. The lowest BCUT2D eigenvalue weighted by atomic mass is 9.75. The largest absolute Gasteiger partial charge is 0.480 e. The Bertz CT molecular complexity index is 435. The van der Waals surface area contributed by atoms with Crippen LogP contribution in [0.25, 0.3) is 0 Å². The normalized spacial score (nSPS) is 25.6. The molecule has 0 saturated carbocycles. The molecule has 2 atom stereocenters. The summed E-state index contributed by atoms with van der Waals surface area (Å²) in [6.45, 7) is 6.91. The first-order valence-electron chi connectivity index (χ1n) is 7.02. The lowest BCUT2D eigenvalue weighted by Gasteiger charge is -2.44. The van der Waals surface area contributed by atoms with Gasteiger partial charge in [0.2, 0.25) is 0 Å². The second-order valence-corrected chi connectivity index (χ2v) is 5.13. The second-order valence-electron chi connectivity index (χ2n) is 5.13. The average molecular weight is 281 g/mol. The van der Waals surface area contributed by atoms with E-state index in [2.05, 4.69) is 0 Å². The lowest BCUT2D eigenvalue weighted by Crippen LogP contribution is -2.59. The van der Waals surface area contributed by atoms with Crippen molar-refractivity contribution in [2.24, 2.45) is 5.92 Å². The summed E-state index contributed by atoms with van der Waals surface area (Å²) in [6.07, 6.45) is 6.31. The number of hydrogen-bond acceptors (Lipinski definition) is 3. The van der Waals surface area contributed by atoms with Crippen molar-refractivity contribution in [3.8, 4) is 0 Å². The van der Waals surface area contributed by atoms with E-state index in [1.54, 1.807) is 19.1 Å². The van der Waals surface area contributed by atoms with Crippen LogP contribution in [-0.2, 0) is 9.59 Å². The summed E-state index contributed by atoms with van der Waals surface area (Å²) in [7, 11) is 0. The zero-order valence-corrected chi connectivity index (χ0v) is 12.3. The third-order valence-corrected chi connectivity index (χ3v) is 3.85. The van der Waals surface area contributed by atoms with Gasteiger partial charge in [0.1, 0.15) is 5.54 Å². The summed E-state index contributed by atoms with van der Waals surface area (Å²) in [5.41, 5.74) is -1.12. The van der Waals surface area contributed by atoms with Gasteiger partial charge in [-0.15, -0.1) is 0 Å². The van der Waals surface area contributed by atoms with E-state index in [-0.39, 0.29) is 5.57 Å². The Morgan fingerprint density at radius 2 is 1.80 bits per heavy atom. The van der Waals surface area contributed by atoms with Gasteiger partial charge < -0.3 is 10.2 Å². The number of carbonyl (C=O) groups is 2. The number of aliphatic carboxylic acids is 2. The highest BCUT2D eigenvalue weighted by molar-refractivity contribution is 5.92. The van der Waals surface area contributed by atoms with E-state index in [0.29, 0.717) is 13.1 Å². The Balaban J connectivity index is 3.28. The fourth-order valence-corrected chi connectivity index (χ4v) is 2.87. The Morgan fingerprint density at radius 1 is 1.25 bits per heavy atom. The molecule has 5 heteroatoms. The number of allylic oxidation sites excluding steroid dienone is 2. The molecule has 5 nitrogen and oxygen atoms in total. The van der Waals surface area contributed by atoms with Gasteiger partial charge >= 0.3 is 11.9 Å². The summed E-state index contributed by atoms with van der Waals surface area (Å²) < 4.78 is 0. The van der Waals surface area contributed by atoms with Gasteiger partial charge in [0.15, 0.2) is 0 Å². The molecule has 1 aliphatic rings. The van der Waals surface area contributed by atoms with Crippen molar-refractivity contribution in [3.05, 3.63) is 23.8 Å². The van der Waals surface area contributed by atoms with Crippen molar-refractivity contribution < 1.29 is 19.8 Å². The molecular formula is C15H23NO4. The third kappa shape index (κ3) is 2.77. The van der Waals surface area contributed by atoms with E-state index >= 15 is 0 Å². The van der Waals surface area contributed by atoms with Gasteiger partial charge in [-0.1, -0.05) is 39.0 Å². The maximum absolute atomic E-state index is 11.9. The minimum Gasteiger partial charge on any atom is -0.480 e. The maximum Gasteiger partial charge on any atom is 0.331 e. The second kappa shape index (κ2) is 6.70. The van der Waals surface area contributed by atoms with Crippen LogP contribution in [0.4, 0.5) is 0 Å². The summed E-state index contributed by atoms with van der Waals surface area (Å²) in [5, 5.41) is 19.0. The summed E-state index contributed by atoms with van der Waals surface area (Å²) in [5.74, 6) is -2.64. The van der Waals surface area contributed by atoms with Crippen LogP contribution in [0.5, 0.6) is 0 Å². The molecule has 1 aliphatic carbocycles. The molecule has 1 rings (SSSR count). The summed E-state index contributed by atoms with van der Waals surface area (Å²) >= 11 is 0. The van der Waals surface area contributed by atoms with Crippen LogP contribution in [0.3, 0.4) is 0 Å². The third-order valence-electron chi connectivity index (χ3n) is 3.85. The fraction of sp³-hybridized carbons (Fsp3) is 0.600. The number of nitrogens with zero attached hydrogens (tertiary/aromatic N) is 1. The van der Waals surface area contributed by atoms with Crippen molar-refractivity contribution in [3.63, 3.8) is 0 Å². The molecule has 0 aliphatic heterocycles. The van der Waals surface area contributed by atoms with Crippen molar-refractivity contribution in [2.45, 2.75) is 39.2 Å². The molecule has 2 unspecified atom stereocenters. The summed E-state index contributed by atoms with van der Waals surface area (Å²) in [4.78, 5) is 25.1. The molecule has 0 aromatic rings. The highest BCUT2D eigenvalue weighted by Crippen LogP contribution is 2.36. The lowest BCUT2D eigenvalue weighted by molar-refractivity contribution is -0.151. The van der Waals surface area contributed by atoms with Crippen LogP contribution < -0.4 is 0 Å². The van der Waals surface area contributed by atoms with Gasteiger partial charge in [0.25, 0.3) is 0 Å². The minimum absolute atomic E-state index is 0.145. The minimum atomic E-state index is -1.27. The van der Waals surface area contributed by atoms with Gasteiger partial charge in [0.05, 0.1) is 0 Å². The van der Waals surface area contributed by atoms with Gasteiger partial charge in [-0.25, -0.2) is 9.59 Å². The fourth-order valence-electron chi connectivity index (χ4n) is 2.87. The van der Waals surface area contributed by atoms with Gasteiger partial charge in [-0.05, 0) is 25.9 Å². The van der Waals surface area contributed by atoms with Gasteiger partial charge in [-0.2, -0.15) is 0 Å². The van der Waals surface area contributed by atoms with Crippen LogP contribution in [0.2, 0.25) is 0 Å². The monoisotopic (exact) mass is 281 g/mol. The topological polar surface area (TPSA) is 77.8 Å². The van der Waals surface area contributed by atoms with Crippen LogP contribution in [-0.4, -0.2) is 45.7 Å². The first-order chi connectivity index (χ1) is 9.41. The number of rotatable bonds is 7. The van der Waals surface area contributed by atoms with Crippen LogP contribution in [0.1, 0.15) is 33.6 Å². The Hall–Kier alpha value is -1.62. The van der Waals surface area contributed by atoms with Crippen LogP contribution in [0.15, 0.2) is 23.8 Å². The highest BCUT2D eigenvalue weighted by atomic mass is 16.4. The first kappa shape index (κ1) is 16.4. The highest BCUT2D eigenvalue weighted by Gasteiger charge is 2.49. The molecular weight excluding hydrogens is 258 g/mol. The van der Waals surface area contributed by atoms with E-state index in [1.807, 2.05) is 18.7 Å². The number of carboxylic acid groups (broad SMARTS) is 2. The molecule has 20 heavy (non-hydrogen) atoms. The molecule has 0 radical (unpaired) electrons. The first-order valence-corrected chi connectivity index (χ1v) is 7.02. The molecule has 0 fully saturated rings. The number of hydrogen-bond donors (Lipinski definition) is 2. The zero-order valence-electron chi connectivity index (χ0n) is 12.3. The van der Waals surface area contributed by atoms with Crippen molar-refractivity contribution in [2.75, 3.05) is 13.1 Å². The molecule has 0 amide bonds. The predicted octanol–water partition coefficient (Wildman–Crippen LogP) is 2.15. The molecule has 0 spiro atoms. The Kier molecular flexibility index (Phi) is 5.51. The molecule has 112 valence electrons. The van der Waals surface area contributed by atoms with E-state index < -0.39 is 23.4 Å². The smallest absolute Gasteiger partial charge is 0.331 e. The average Bonchev–Trinajstić information content (AvgIpc) is 2.38. The summed E-state index contributed by atoms with van der Waals surface area (Å²) in [6, 6.07) is 0. The van der Waals surface area contributed by atoms with Crippen LogP contribution >= 0.6 is 0 Å². The van der Waals surface area contributed by atoms with Crippen molar-refractivity contribution >= 4 is 11.9 Å². The predicted molar refractivity (Wildman–Crippen MR) is 76.5 cm³/mol. The molecule has 0 saturated heterocycles. The van der Waals surface area contributed by atoms with Gasteiger partial charge in [-0.3, -0.25) is 4.90 Å². The SMILES string of the molecule is CCCN(CCC)C1(C(=O)O)C=CC=C(C(=O)O)C1C. The van der Waals surface area contributed by atoms with E-state index in [1.165, 1.54) is 6.08 Å². The van der Waals surface area contributed by atoms with Crippen molar-refractivity contribution in [1.29, 1.82) is 0 Å². The number of carboxylic acids is 2. The molecule has 2 N–H and O–H groups in total. The molecule has 0 aromatic carbocycles.